The van der Waals surface area contributed by atoms with E-state index in [-0.39, 0.29) is 12.6 Å². The average molecular weight is 262 g/mol. The first-order valence-corrected chi connectivity index (χ1v) is 7.33. The van der Waals surface area contributed by atoms with Gasteiger partial charge in [0.15, 0.2) is 0 Å². The van der Waals surface area contributed by atoms with Gasteiger partial charge in [0.2, 0.25) is 0 Å². The van der Waals surface area contributed by atoms with Crippen LogP contribution in [0.2, 0.25) is 0 Å². The summed E-state index contributed by atoms with van der Waals surface area (Å²) in [5.41, 5.74) is 0. The first kappa shape index (κ1) is 12.7. The summed E-state index contributed by atoms with van der Waals surface area (Å²) in [6.45, 7) is 1.18. The first-order chi connectivity index (χ1) is 9.36. The second-order valence-electron chi connectivity index (χ2n) is 5.56. The predicted molar refractivity (Wildman–Crippen MR) is 75.4 cm³/mol. The van der Waals surface area contributed by atoms with Gasteiger partial charge in [0.1, 0.15) is 18.0 Å². The second-order valence-corrected chi connectivity index (χ2v) is 5.56. The maximum absolute atomic E-state index is 9.40. The molecule has 2 N–H and O–H groups in total. The average Bonchev–Trinajstić information content (AvgIpc) is 3.09. The molecule has 1 aromatic rings. The lowest BCUT2D eigenvalue weighted by Crippen LogP contribution is -2.32. The minimum Gasteiger partial charge on any atom is -0.394 e. The Labute approximate surface area is 114 Å². The normalized spacial score (nSPS) is 24.1. The van der Waals surface area contributed by atoms with Crippen molar-refractivity contribution in [2.24, 2.45) is 0 Å². The topological polar surface area (TPSA) is 61.3 Å². The Morgan fingerprint density at radius 1 is 1.21 bits per heavy atom. The molecule has 3 rings (SSSR count). The second kappa shape index (κ2) is 5.74. The van der Waals surface area contributed by atoms with Crippen LogP contribution in [0, 0.1) is 0 Å². The molecule has 1 saturated heterocycles. The largest absolute Gasteiger partial charge is 0.394 e. The lowest BCUT2D eigenvalue weighted by Gasteiger charge is -2.24. The van der Waals surface area contributed by atoms with Gasteiger partial charge in [0.05, 0.1) is 12.6 Å². The molecular formula is C14H22N4O. The fourth-order valence-corrected chi connectivity index (χ4v) is 3.19. The molecular weight excluding hydrogens is 240 g/mol. The van der Waals surface area contributed by atoms with Crippen LogP contribution in [0.3, 0.4) is 0 Å². The van der Waals surface area contributed by atoms with Crippen LogP contribution in [-0.2, 0) is 0 Å². The third-order valence-corrected chi connectivity index (χ3v) is 4.24. The minimum absolute atomic E-state index is 0.204. The number of hydrogen-bond acceptors (Lipinski definition) is 5. The van der Waals surface area contributed by atoms with Crippen LogP contribution in [0.4, 0.5) is 11.6 Å². The lowest BCUT2D eigenvalue weighted by atomic mass is 10.2. The van der Waals surface area contributed by atoms with Gasteiger partial charge >= 0.3 is 0 Å². The highest BCUT2D eigenvalue weighted by Crippen LogP contribution is 2.26. The molecule has 2 aliphatic rings. The molecule has 0 bridgehead atoms. The Hall–Kier alpha value is -1.36. The fourth-order valence-electron chi connectivity index (χ4n) is 3.19. The molecule has 1 atom stereocenters. The van der Waals surface area contributed by atoms with Crippen molar-refractivity contribution in [3.05, 3.63) is 12.4 Å². The first-order valence-electron chi connectivity index (χ1n) is 7.33. The van der Waals surface area contributed by atoms with E-state index in [4.69, 9.17) is 0 Å². The quantitative estimate of drug-likeness (QED) is 0.866. The SMILES string of the molecule is OCC1CCCN1c1cc(NC2CCCC2)ncn1. The van der Waals surface area contributed by atoms with Gasteiger partial charge in [0, 0.05) is 18.7 Å². The van der Waals surface area contributed by atoms with Crippen molar-refractivity contribution < 1.29 is 5.11 Å². The van der Waals surface area contributed by atoms with E-state index in [0.29, 0.717) is 6.04 Å². The molecule has 0 aromatic carbocycles. The van der Waals surface area contributed by atoms with Gasteiger partial charge in [-0.05, 0) is 25.7 Å². The summed E-state index contributed by atoms with van der Waals surface area (Å²) in [7, 11) is 0. The number of rotatable bonds is 4. The Morgan fingerprint density at radius 3 is 2.84 bits per heavy atom. The fraction of sp³-hybridized carbons (Fsp3) is 0.714. The highest BCUT2D eigenvalue weighted by atomic mass is 16.3. The molecule has 1 aromatic heterocycles. The zero-order valence-corrected chi connectivity index (χ0v) is 11.3. The van der Waals surface area contributed by atoms with Crippen molar-refractivity contribution in [2.75, 3.05) is 23.4 Å². The summed E-state index contributed by atoms with van der Waals surface area (Å²) in [5.74, 6) is 1.85. The zero-order chi connectivity index (χ0) is 13.1. The van der Waals surface area contributed by atoms with E-state index in [0.717, 1.165) is 31.0 Å². The molecule has 1 saturated carbocycles. The minimum atomic E-state index is 0.204. The zero-order valence-electron chi connectivity index (χ0n) is 11.3. The number of hydrogen-bond donors (Lipinski definition) is 2. The molecule has 0 amide bonds. The summed E-state index contributed by atoms with van der Waals surface area (Å²) in [6.07, 6.45) is 8.90. The van der Waals surface area contributed by atoms with Gasteiger partial charge in [-0.3, -0.25) is 0 Å². The van der Waals surface area contributed by atoms with Crippen LogP contribution < -0.4 is 10.2 Å². The number of aromatic nitrogens is 2. The molecule has 0 spiro atoms. The van der Waals surface area contributed by atoms with Crippen molar-refractivity contribution in [2.45, 2.75) is 50.6 Å². The van der Waals surface area contributed by atoms with E-state index in [1.807, 2.05) is 6.07 Å². The number of aliphatic hydroxyl groups excluding tert-OH is 1. The molecule has 2 heterocycles. The third kappa shape index (κ3) is 2.81. The highest BCUT2D eigenvalue weighted by molar-refractivity contribution is 5.50. The number of nitrogens with zero attached hydrogens (tertiary/aromatic N) is 3. The molecule has 5 heteroatoms. The Morgan fingerprint density at radius 2 is 2.05 bits per heavy atom. The van der Waals surface area contributed by atoms with Crippen molar-refractivity contribution in [3.8, 4) is 0 Å². The number of nitrogens with one attached hydrogen (secondary N) is 1. The van der Waals surface area contributed by atoms with Crippen molar-refractivity contribution >= 4 is 11.6 Å². The maximum atomic E-state index is 9.40. The Balaban J connectivity index is 1.71. The lowest BCUT2D eigenvalue weighted by molar-refractivity contribution is 0.266. The van der Waals surface area contributed by atoms with Gasteiger partial charge in [0.25, 0.3) is 0 Å². The third-order valence-electron chi connectivity index (χ3n) is 4.24. The predicted octanol–water partition coefficient (Wildman–Crippen LogP) is 1.79. The number of aliphatic hydroxyl groups is 1. The Kier molecular flexibility index (Phi) is 3.82. The molecule has 104 valence electrons. The molecule has 1 aliphatic carbocycles. The summed E-state index contributed by atoms with van der Waals surface area (Å²) in [4.78, 5) is 10.9. The van der Waals surface area contributed by atoms with E-state index < -0.39 is 0 Å². The maximum Gasteiger partial charge on any atom is 0.134 e. The van der Waals surface area contributed by atoms with E-state index >= 15 is 0 Å². The molecule has 5 nitrogen and oxygen atoms in total. The van der Waals surface area contributed by atoms with Gasteiger partial charge in [-0.25, -0.2) is 9.97 Å². The molecule has 1 aliphatic heterocycles. The monoisotopic (exact) mass is 262 g/mol. The molecule has 0 radical (unpaired) electrons. The van der Waals surface area contributed by atoms with Crippen LogP contribution in [0.25, 0.3) is 0 Å². The summed E-state index contributed by atoms with van der Waals surface area (Å²) in [6, 6.07) is 2.80. The van der Waals surface area contributed by atoms with Crippen LogP contribution in [-0.4, -0.2) is 40.3 Å². The van der Waals surface area contributed by atoms with E-state index in [2.05, 4.69) is 20.2 Å². The van der Waals surface area contributed by atoms with Crippen molar-refractivity contribution in [3.63, 3.8) is 0 Å². The van der Waals surface area contributed by atoms with Crippen LogP contribution in [0.15, 0.2) is 12.4 Å². The van der Waals surface area contributed by atoms with Crippen molar-refractivity contribution in [1.29, 1.82) is 0 Å². The molecule has 2 fully saturated rings. The highest BCUT2D eigenvalue weighted by Gasteiger charge is 2.25. The molecule has 19 heavy (non-hydrogen) atoms. The Bertz CT molecular complexity index is 420. The standard InChI is InChI=1S/C14H22N4O/c19-9-12-6-3-7-18(12)14-8-13(15-10-16-14)17-11-4-1-2-5-11/h8,10-12,19H,1-7,9H2,(H,15,16,17). The van der Waals surface area contributed by atoms with Gasteiger partial charge in [-0.15, -0.1) is 0 Å². The van der Waals surface area contributed by atoms with Crippen LogP contribution >= 0.6 is 0 Å². The van der Waals surface area contributed by atoms with Gasteiger partial charge < -0.3 is 15.3 Å². The van der Waals surface area contributed by atoms with E-state index in [1.54, 1.807) is 6.33 Å². The summed E-state index contributed by atoms with van der Waals surface area (Å²) >= 11 is 0. The summed E-state index contributed by atoms with van der Waals surface area (Å²) < 4.78 is 0. The van der Waals surface area contributed by atoms with Crippen molar-refractivity contribution in [1.82, 2.24) is 9.97 Å². The van der Waals surface area contributed by atoms with Crippen LogP contribution in [0.1, 0.15) is 38.5 Å². The van der Waals surface area contributed by atoms with Gasteiger partial charge in [-0.2, -0.15) is 0 Å². The van der Waals surface area contributed by atoms with Gasteiger partial charge in [-0.1, -0.05) is 12.8 Å². The smallest absolute Gasteiger partial charge is 0.134 e. The van der Waals surface area contributed by atoms with E-state index in [1.165, 1.54) is 25.7 Å². The number of anilines is 2. The van der Waals surface area contributed by atoms with Crippen LogP contribution in [0.5, 0.6) is 0 Å². The molecule has 1 unspecified atom stereocenters. The summed E-state index contributed by atoms with van der Waals surface area (Å²) in [5, 5.41) is 12.9. The van der Waals surface area contributed by atoms with E-state index in [9.17, 15) is 5.11 Å².